The predicted molar refractivity (Wildman–Crippen MR) is 102 cm³/mol. The zero-order valence-electron chi connectivity index (χ0n) is 16.4. The fraction of sp³-hybridized carbons (Fsp3) is 0.632. The van der Waals surface area contributed by atoms with E-state index in [1.807, 2.05) is 6.92 Å². The van der Waals surface area contributed by atoms with Gasteiger partial charge in [-0.2, -0.15) is 0 Å². The highest BCUT2D eigenvalue weighted by molar-refractivity contribution is 7.89. The van der Waals surface area contributed by atoms with Crippen molar-refractivity contribution >= 4 is 15.9 Å². The highest BCUT2D eigenvalue weighted by atomic mass is 32.2. The third-order valence-corrected chi connectivity index (χ3v) is 5.51. The van der Waals surface area contributed by atoms with Gasteiger partial charge in [-0.3, -0.25) is 4.79 Å². The molecule has 2 N–H and O–H groups in total. The van der Waals surface area contributed by atoms with Gasteiger partial charge in [0.2, 0.25) is 10.0 Å². The zero-order valence-corrected chi connectivity index (χ0v) is 17.3. The Bertz CT molecular complexity index is 704. The molecule has 0 bridgehead atoms. The number of hydrogen-bond acceptors (Lipinski definition) is 3. The summed E-state index contributed by atoms with van der Waals surface area (Å²) in [5.74, 6) is 0.347. The number of sulfonamides is 1. The maximum atomic E-state index is 12.6. The highest BCUT2D eigenvalue weighted by Crippen LogP contribution is 2.18. The molecule has 1 amide bonds. The molecule has 25 heavy (non-hydrogen) atoms. The van der Waals surface area contributed by atoms with E-state index in [9.17, 15) is 13.2 Å². The van der Waals surface area contributed by atoms with Crippen LogP contribution >= 0.6 is 0 Å². The Labute approximate surface area is 152 Å². The first kappa shape index (κ1) is 21.6. The molecule has 0 aliphatic heterocycles. The molecule has 0 aliphatic carbocycles. The topological polar surface area (TPSA) is 75.3 Å². The van der Waals surface area contributed by atoms with Gasteiger partial charge < -0.3 is 5.32 Å². The molecule has 1 rings (SSSR count). The van der Waals surface area contributed by atoms with E-state index in [1.54, 1.807) is 33.8 Å². The van der Waals surface area contributed by atoms with Crippen molar-refractivity contribution in [1.29, 1.82) is 0 Å². The Balaban J connectivity index is 3.00. The van der Waals surface area contributed by atoms with Crippen LogP contribution in [0.4, 0.5) is 0 Å². The van der Waals surface area contributed by atoms with Gasteiger partial charge >= 0.3 is 0 Å². The maximum Gasteiger partial charge on any atom is 0.251 e. The summed E-state index contributed by atoms with van der Waals surface area (Å²) in [5, 5.41) is 2.97. The molecule has 1 aromatic rings. The largest absolute Gasteiger partial charge is 0.350 e. The van der Waals surface area contributed by atoms with Crippen LogP contribution in [0.25, 0.3) is 0 Å². The van der Waals surface area contributed by atoms with Gasteiger partial charge in [0.25, 0.3) is 5.91 Å². The van der Waals surface area contributed by atoms with Crippen molar-refractivity contribution < 1.29 is 13.2 Å². The van der Waals surface area contributed by atoms with Crippen LogP contribution in [0.3, 0.4) is 0 Å². The Morgan fingerprint density at radius 2 is 1.72 bits per heavy atom. The average molecular weight is 369 g/mol. The van der Waals surface area contributed by atoms with Crippen molar-refractivity contribution in [2.45, 2.75) is 77.8 Å². The molecule has 0 radical (unpaired) electrons. The lowest BCUT2D eigenvalue weighted by molar-refractivity contribution is 0.0936. The average Bonchev–Trinajstić information content (AvgIpc) is 2.42. The van der Waals surface area contributed by atoms with Crippen LogP contribution in [0.5, 0.6) is 0 Å². The molecule has 0 saturated carbocycles. The molecule has 0 saturated heterocycles. The van der Waals surface area contributed by atoms with Crippen LogP contribution in [-0.2, 0) is 10.0 Å². The first-order chi connectivity index (χ1) is 11.3. The van der Waals surface area contributed by atoms with Gasteiger partial charge in [-0.15, -0.1) is 0 Å². The molecule has 6 heteroatoms. The van der Waals surface area contributed by atoms with Gasteiger partial charge in [0.15, 0.2) is 0 Å². The van der Waals surface area contributed by atoms with Crippen LogP contribution in [0.1, 0.15) is 70.3 Å². The number of carbonyl (C=O) groups excluding carboxylic acids is 1. The minimum Gasteiger partial charge on any atom is -0.350 e. The van der Waals surface area contributed by atoms with Crippen LogP contribution in [-0.4, -0.2) is 25.9 Å². The number of nitrogens with one attached hydrogen (secondary N) is 2. The second-order valence-corrected chi connectivity index (χ2v) is 9.86. The third kappa shape index (κ3) is 7.16. The van der Waals surface area contributed by atoms with E-state index in [-0.39, 0.29) is 16.8 Å². The van der Waals surface area contributed by atoms with E-state index in [1.165, 1.54) is 12.1 Å². The van der Waals surface area contributed by atoms with Gasteiger partial charge in [0.05, 0.1) is 4.90 Å². The maximum absolute atomic E-state index is 12.6. The van der Waals surface area contributed by atoms with E-state index < -0.39 is 15.6 Å². The second-order valence-electron chi connectivity index (χ2n) is 8.18. The van der Waals surface area contributed by atoms with Gasteiger partial charge in [0.1, 0.15) is 0 Å². The van der Waals surface area contributed by atoms with Crippen LogP contribution < -0.4 is 10.0 Å². The van der Waals surface area contributed by atoms with Crippen LogP contribution in [0.2, 0.25) is 0 Å². The SMILES string of the molecule is Cc1ccc(S(=O)(=O)NC(C)(C)C)cc1C(=O)NC(C)CCC(C)C. The van der Waals surface area contributed by atoms with E-state index >= 15 is 0 Å². The number of carbonyl (C=O) groups is 1. The first-order valence-corrected chi connectivity index (χ1v) is 10.3. The molecule has 0 heterocycles. The van der Waals surface area contributed by atoms with Crippen LogP contribution in [0.15, 0.2) is 23.1 Å². The number of rotatable bonds is 7. The molecule has 1 atom stereocenters. The lowest BCUT2D eigenvalue weighted by Gasteiger charge is -2.21. The Hall–Kier alpha value is -1.40. The molecular formula is C19H32N2O3S. The zero-order chi connectivity index (χ0) is 19.4. The van der Waals surface area contributed by atoms with Crippen molar-refractivity contribution in [1.82, 2.24) is 10.0 Å². The molecule has 1 unspecified atom stereocenters. The summed E-state index contributed by atoms with van der Waals surface area (Å²) in [6.45, 7) is 13.4. The van der Waals surface area contributed by atoms with Gasteiger partial charge in [-0.05, 0) is 71.1 Å². The smallest absolute Gasteiger partial charge is 0.251 e. The summed E-state index contributed by atoms with van der Waals surface area (Å²) in [4.78, 5) is 12.7. The van der Waals surface area contributed by atoms with Gasteiger partial charge in [-0.1, -0.05) is 19.9 Å². The predicted octanol–water partition coefficient (Wildman–Crippen LogP) is 3.63. The molecule has 0 aromatic heterocycles. The Kier molecular flexibility index (Phi) is 7.20. The second kappa shape index (κ2) is 8.32. The van der Waals surface area contributed by atoms with E-state index in [0.29, 0.717) is 11.5 Å². The molecule has 0 aliphatic rings. The fourth-order valence-electron chi connectivity index (χ4n) is 2.43. The van der Waals surface area contributed by atoms with E-state index in [2.05, 4.69) is 23.9 Å². The van der Waals surface area contributed by atoms with Crippen molar-refractivity contribution in [3.05, 3.63) is 29.3 Å². The van der Waals surface area contributed by atoms with Crippen molar-refractivity contribution in [2.75, 3.05) is 0 Å². The van der Waals surface area contributed by atoms with Crippen molar-refractivity contribution in [3.63, 3.8) is 0 Å². The standard InChI is InChI=1S/C19H32N2O3S/c1-13(2)8-10-15(4)20-18(22)17-12-16(11-9-14(17)3)25(23,24)21-19(5,6)7/h9,11-13,15,21H,8,10H2,1-7H3,(H,20,22). The highest BCUT2D eigenvalue weighted by Gasteiger charge is 2.23. The van der Waals surface area contributed by atoms with E-state index in [0.717, 1.165) is 18.4 Å². The first-order valence-electron chi connectivity index (χ1n) is 8.77. The lowest BCUT2D eigenvalue weighted by Crippen LogP contribution is -2.40. The normalized spacial score (nSPS) is 13.8. The minimum absolute atomic E-state index is 0.0438. The molecule has 0 fully saturated rings. The van der Waals surface area contributed by atoms with Gasteiger partial charge in [-0.25, -0.2) is 13.1 Å². The molecular weight excluding hydrogens is 336 g/mol. The summed E-state index contributed by atoms with van der Waals surface area (Å²) in [6.07, 6.45) is 1.93. The summed E-state index contributed by atoms with van der Waals surface area (Å²) < 4.78 is 27.6. The molecule has 142 valence electrons. The van der Waals surface area contributed by atoms with Crippen molar-refractivity contribution in [2.24, 2.45) is 5.92 Å². The third-order valence-electron chi connectivity index (χ3n) is 3.76. The number of benzene rings is 1. The summed E-state index contributed by atoms with van der Waals surface area (Å²) in [7, 11) is -3.67. The lowest BCUT2D eigenvalue weighted by atomic mass is 10.0. The Morgan fingerprint density at radius 3 is 2.24 bits per heavy atom. The number of hydrogen-bond donors (Lipinski definition) is 2. The monoisotopic (exact) mass is 368 g/mol. The molecule has 0 spiro atoms. The van der Waals surface area contributed by atoms with Gasteiger partial charge in [0, 0.05) is 17.1 Å². The van der Waals surface area contributed by atoms with E-state index in [4.69, 9.17) is 0 Å². The van der Waals surface area contributed by atoms with Crippen LogP contribution in [0, 0.1) is 12.8 Å². The summed E-state index contributed by atoms with van der Waals surface area (Å²) in [6, 6.07) is 4.70. The minimum atomic E-state index is -3.67. The molecule has 5 nitrogen and oxygen atoms in total. The number of aryl methyl sites for hydroxylation is 1. The Morgan fingerprint density at radius 1 is 1.12 bits per heavy atom. The summed E-state index contributed by atoms with van der Waals surface area (Å²) in [5.41, 5.74) is 0.564. The van der Waals surface area contributed by atoms with Crippen molar-refractivity contribution in [3.8, 4) is 0 Å². The summed E-state index contributed by atoms with van der Waals surface area (Å²) >= 11 is 0. The quantitative estimate of drug-likeness (QED) is 0.772. The molecule has 1 aromatic carbocycles. The number of amides is 1. The fourth-order valence-corrected chi connectivity index (χ4v) is 3.88.